The van der Waals surface area contributed by atoms with Gasteiger partial charge in [-0.05, 0) is 6.42 Å². The van der Waals surface area contributed by atoms with Gasteiger partial charge in [-0.2, -0.15) is 0 Å². The molecule has 84 valence electrons. The first-order valence-electron chi connectivity index (χ1n) is 4.23. The first kappa shape index (κ1) is 11.9. The van der Waals surface area contributed by atoms with E-state index in [1.807, 2.05) is 0 Å². The van der Waals surface area contributed by atoms with Gasteiger partial charge in [0, 0.05) is 12.6 Å². The van der Waals surface area contributed by atoms with Crippen LogP contribution in [0.5, 0.6) is 0 Å². The molecule has 0 aromatic carbocycles. The van der Waals surface area contributed by atoms with Crippen molar-refractivity contribution in [1.29, 1.82) is 0 Å². The highest BCUT2D eigenvalue weighted by Gasteiger charge is 2.27. The molecule has 6 nitrogen and oxygen atoms in total. The maximum atomic E-state index is 11.0. The molecule has 0 aromatic rings. The first-order valence-corrected chi connectivity index (χ1v) is 7.76. The zero-order chi connectivity index (χ0) is 10.8. The molecule has 1 rings (SSSR count). The minimum Gasteiger partial charge on any atom is -0.312 e. The third-order valence-corrected chi connectivity index (χ3v) is 4.59. The molecule has 1 aliphatic heterocycles. The molecule has 0 radical (unpaired) electrons. The molecule has 8 heteroatoms. The highest BCUT2D eigenvalue weighted by molar-refractivity contribution is 7.91. The summed E-state index contributed by atoms with van der Waals surface area (Å²) >= 11 is 0. The lowest BCUT2D eigenvalue weighted by Crippen LogP contribution is -2.35. The molecule has 1 fully saturated rings. The second-order valence-electron chi connectivity index (χ2n) is 3.42. The molecule has 0 saturated carbocycles. The van der Waals surface area contributed by atoms with Gasteiger partial charge in [-0.3, -0.25) is 0 Å². The molecule has 0 aromatic heterocycles. The number of rotatable bonds is 4. The van der Waals surface area contributed by atoms with Crippen molar-refractivity contribution in [1.82, 2.24) is 5.32 Å². The van der Waals surface area contributed by atoms with Crippen LogP contribution in [0.4, 0.5) is 0 Å². The van der Waals surface area contributed by atoms with E-state index in [0.29, 0.717) is 6.42 Å². The van der Waals surface area contributed by atoms with Crippen LogP contribution in [0.25, 0.3) is 0 Å². The third-order valence-electron chi connectivity index (χ3n) is 2.05. The Bertz CT molecular complexity index is 386. The summed E-state index contributed by atoms with van der Waals surface area (Å²) in [6.45, 7) is 0.207. The molecule has 14 heavy (non-hydrogen) atoms. The quantitative estimate of drug-likeness (QED) is 0.596. The van der Waals surface area contributed by atoms with Crippen molar-refractivity contribution in [2.75, 3.05) is 23.8 Å². The summed E-state index contributed by atoms with van der Waals surface area (Å²) in [6.07, 6.45) is 0.549. The fourth-order valence-electron chi connectivity index (χ4n) is 1.36. The normalized spacial score (nSPS) is 26.5. The summed E-state index contributed by atoms with van der Waals surface area (Å²) in [7, 11) is -6.36. The zero-order valence-corrected chi connectivity index (χ0v) is 9.27. The third kappa shape index (κ3) is 4.36. The summed E-state index contributed by atoms with van der Waals surface area (Å²) in [6, 6.07) is -0.123. The topological polar surface area (TPSA) is 106 Å². The lowest BCUT2D eigenvalue weighted by atomic mass is 10.3. The molecule has 0 spiro atoms. The number of sulfone groups is 1. The van der Waals surface area contributed by atoms with Crippen molar-refractivity contribution in [3.8, 4) is 0 Å². The highest BCUT2D eigenvalue weighted by atomic mass is 32.2. The largest absolute Gasteiger partial charge is 0.312 e. The Morgan fingerprint density at radius 3 is 2.50 bits per heavy atom. The van der Waals surface area contributed by atoms with Crippen molar-refractivity contribution in [2.45, 2.75) is 12.5 Å². The predicted octanol–water partition coefficient (Wildman–Crippen LogP) is -1.95. The average Bonchev–Trinajstić information content (AvgIpc) is 2.27. The van der Waals surface area contributed by atoms with Crippen LogP contribution in [0.2, 0.25) is 0 Å². The van der Waals surface area contributed by atoms with Crippen LogP contribution >= 0.6 is 0 Å². The Labute approximate surface area is 83.8 Å². The van der Waals surface area contributed by atoms with Crippen LogP contribution in [0.1, 0.15) is 6.42 Å². The molecular weight excluding hydrogens is 228 g/mol. The fourth-order valence-corrected chi connectivity index (χ4v) is 3.47. The number of nitrogens with one attached hydrogen (secondary N) is 1. The Kier molecular flexibility index (Phi) is 3.51. The van der Waals surface area contributed by atoms with Crippen LogP contribution in [0.15, 0.2) is 0 Å². The first-order chi connectivity index (χ1) is 6.29. The molecule has 1 atom stereocenters. The van der Waals surface area contributed by atoms with E-state index in [4.69, 9.17) is 5.14 Å². The van der Waals surface area contributed by atoms with E-state index in [1.54, 1.807) is 0 Å². The summed E-state index contributed by atoms with van der Waals surface area (Å²) in [4.78, 5) is 0. The molecule has 0 amide bonds. The Morgan fingerprint density at radius 2 is 2.07 bits per heavy atom. The summed E-state index contributed by atoms with van der Waals surface area (Å²) < 4.78 is 43.1. The maximum Gasteiger partial charge on any atom is 0.210 e. The van der Waals surface area contributed by atoms with Gasteiger partial charge in [-0.15, -0.1) is 0 Å². The van der Waals surface area contributed by atoms with Crippen molar-refractivity contribution in [3.05, 3.63) is 0 Å². The standard InChI is InChI=1S/C6H14N2O4S2/c7-14(11,12)4-2-8-6-1-3-13(9,10)5-6/h6,8H,1-5H2,(H2,7,11,12). The second-order valence-corrected chi connectivity index (χ2v) is 7.38. The minimum absolute atomic E-state index is 0.0949. The molecule has 1 unspecified atom stereocenters. The van der Waals surface area contributed by atoms with Gasteiger partial charge in [-0.25, -0.2) is 22.0 Å². The fraction of sp³-hybridized carbons (Fsp3) is 1.00. The number of nitrogens with two attached hydrogens (primary N) is 1. The van der Waals surface area contributed by atoms with Gasteiger partial charge >= 0.3 is 0 Å². The van der Waals surface area contributed by atoms with E-state index >= 15 is 0 Å². The van der Waals surface area contributed by atoms with Crippen molar-refractivity contribution in [3.63, 3.8) is 0 Å². The van der Waals surface area contributed by atoms with Crippen LogP contribution in [-0.4, -0.2) is 46.7 Å². The predicted molar refractivity (Wildman–Crippen MR) is 53.0 cm³/mol. The summed E-state index contributed by atoms with van der Waals surface area (Å²) in [5.41, 5.74) is 0. The van der Waals surface area contributed by atoms with Gasteiger partial charge in [0.15, 0.2) is 9.84 Å². The lowest BCUT2D eigenvalue weighted by Gasteiger charge is -2.08. The van der Waals surface area contributed by atoms with Crippen LogP contribution in [-0.2, 0) is 19.9 Å². The molecule has 1 saturated heterocycles. The molecule has 0 aliphatic carbocycles. The number of primary sulfonamides is 1. The highest BCUT2D eigenvalue weighted by Crippen LogP contribution is 2.10. The Morgan fingerprint density at radius 1 is 1.43 bits per heavy atom. The van der Waals surface area contributed by atoms with Crippen LogP contribution in [0, 0.1) is 0 Å². The van der Waals surface area contributed by atoms with Gasteiger partial charge in [0.25, 0.3) is 0 Å². The smallest absolute Gasteiger partial charge is 0.210 e. The van der Waals surface area contributed by atoms with Crippen LogP contribution in [0.3, 0.4) is 0 Å². The lowest BCUT2D eigenvalue weighted by molar-refractivity contribution is 0.561. The monoisotopic (exact) mass is 242 g/mol. The van der Waals surface area contributed by atoms with Crippen molar-refractivity contribution in [2.24, 2.45) is 5.14 Å². The maximum absolute atomic E-state index is 11.0. The average molecular weight is 242 g/mol. The van der Waals surface area contributed by atoms with Crippen molar-refractivity contribution >= 4 is 19.9 Å². The van der Waals surface area contributed by atoms with E-state index < -0.39 is 19.9 Å². The molecule has 1 heterocycles. The Hall–Kier alpha value is -0.180. The van der Waals surface area contributed by atoms with Gasteiger partial charge < -0.3 is 5.32 Å². The van der Waals surface area contributed by atoms with Crippen LogP contribution < -0.4 is 10.5 Å². The molecular formula is C6H14N2O4S2. The zero-order valence-electron chi connectivity index (χ0n) is 7.64. The SMILES string of the molecule is NS(=O)(=O)CCNC1CCS(=O)(=O)C1. The number of sulfonamides is 1. The van der Waals surface area contributed by atoms with Gasteiger partial charge in [-0.1, -0.05) is 0 Å². The molecule has 3 N–H and O–H groups in total. The van der Waals surface area contributed by atoms with Gasteiger partial charge in [0.2, 0.25) is 10.0 Å². The minimum atomic E-state index is -3.46. The van der Waals surface area contributed by atoms with E-state index in [2.05, 4.69) is 5.32 Å². The van der Waals surface area contributed by atoms with E-state index in [-0.39, 0.29) is 29.8 Å². The van der Waals surface area contributed by atoms with E-state index in [0.717, 1.165) is 0 Å². The number of hydrogen-bond donors (Lipinski definition) is 2. The summed E-state index contributed by atoms with van der Waals surface area (Å²) in [5.74, 6) is 0.112. The second kappa shape index (κ2) is 4.13. The van der Waals surface area contributed by atoms with Gasteiger partial charge in [0.1, 0.15) is 0 Å². The molecule has 1 aliphatic rings. The van der Waals surface area contributed by atoms with E-state index in [9.17, 15) is 16.8 Å². The summed E-state index contributed by atoms with van der Waals surface area (Å²) in [5, 5.41) is 7.64. The van der Waals surface area contributed by atoms with E-state index in [1.165, 1.54) is 0 Å². The van der Waals surface area contributed by atoms with Crippen molar-refractivity contribution < 1.29 is 16.8 Å². The van der Waals surface area contributed by atoms with Gasteiger partial charge in [0.05, 0.1) is 17.3 Å². The number of hydrogen-bond acceptors (Lipinski definition) is 5. The Balaban J connectivity index is 2.28. The molecule has 0 bridgehead atoms.